The number of hydrogen-bond donors (Lipinski definition) is 1. The van der Waals surface area contributed by atoms with E-state index < -0.39 is 10.0 Å². The highest BCUT2D eigenvalue weighted by Gasteiger charge is 2.29. The van der Waals surface area contributed by atoms with Crippen LogP contribution in [0, 0.1) is 12.8 Å². The molecule has 0 saturated carbocycles. The number of halogens is 1. The van der Waals surface area contributed by atoms with Gasteiger partial charge in [-0.15, -0.1) is 0 Å². The Hall–Kier alpha value is -0.430. The van der Waals surface area contributed by atoms with E-state index in [-0.39, 0.29) is 0 Å². The second kappa shape index (κ2) is 6.56. The third-order valence-corrected chi connectivity index (χ3v) is 6.60. The second-order valence-corrected chi connectivity index (χ2v) is 8.11. The molecular weight excluding hydrogens is 340 g/mol. The molecule has 4 nitrogen and oxygen atoms in total. The summed E-state index contributed by atoms with van der Waals surface area (Å²) in [6.07, 6.45) is 1.85. The second-order valence-electron chi connectivity index (χ2n) is 5.32. The summed E-state index contributed by atoms with van der Waals surface area (Å²) in [5.74, 6) is 0.580. The Morgan fingerprint density at radius 3 is 2.55 bits per heavy atom. The smallest absolute Gasteiger partial charge is 0.243 e. The Morgan fingerprint density at radius 1 is 1.35 bits per heavy atom. The van der Waals surface area contributed by atoms with Crippen LogP contribution in [0.3, 0.4) is 0 Å². The number of nitrogens with zero attached hydrogens (tertiary/aromatic N) is 1. The SMILES string of the molecule is CNCC1CCN(S(=O)(=O)c2ccc(C)c(Br)c2)CC1. The molecule has 20 heavy (non-hydrogen) atoms. The van der Waals surface area contributed by atoms with Crippen molar-refractivity contribution in [1.29, 1.82) is 0 Å². The number of nitrogens with one attached hydrogen (secondary N) is 1. The molecule has 0 radical (unpaired) electrons. The summed E-state index contributed by atoms with van der Waals surface area (Å²) in [7, 11) is -1.42. The molecule has 6 heteroatoms. The Morgan fingerprint density at radius 2 is 2.00 bits per heavy atom. The van der Waals surface area contributed by atoms with Gasteiger partial charge in [0.25, 0.3) is 0 Å². The van der Waals surface area contributed by atoms with Gasteiger partial charge in [-0.3, -0.25) is 0 Å². The van der Waals surface area contributed by atoms with Gasteiger partial charge < -0.3 is 5.32 Å². The fourth-order valence-electron chi connectivity index (χ4n) is 2.53. The maximum atomic E-state index is 12.6. The third kappa shape index (κ3) is 3.42. The molecule has 1 heterocycles. The van der Waals surface area contributed by atoms with Crippen molar-refractivity contribution < 1.29 is 8.42 Å². The van der Waals surface area contributed by atoms with Crippen molar-refractivity contribution in [2.45, 2.75) is 24.7 Å². The molecule has 0 aliphatic carbocycles. The standard InChI is InChI=1S/C14H21BrN2O2S/c1-11-3-4-13(9-14(11)15)20(18,19)17-7-5-12(6-8-17)10-16-2/h3-4,9,12,16H,5-8,10H2,1-2H3. The quantitative estimate of drug-likeness (QED) is 0.896. The molecule has 1 N–H and O–H groups in total. The van der Waals surface area contributed by atoms with Gasteiger partial charge in [-0.25, -0.2) is 8.42 Å². The summed E-state index contributed by atoms with van der Waals surface area (Å²) >= 11 is 3.40. The first-order valence-electron chi connectivity index (χ1n) is 6.86. The van der Waals surface area contributed by atoms with Gasteiger partial charge in [0.1, 0.15) is 0 Å². The molecule has 0 unspecified atom stereocenters. The number of hydrogen-bond acceptors (Lipinski definition) is 3. The van der Waals surface area contributed by atoms with Crippen LogP contribution in [0.1, 0.15) is 18.4 Å². The van der Waals surface area contributed by atoms with E-state index in [9.17, 15) is 8.42 Å². The van der Waals surface area contributed by atoms with Gasteiger partial charge in [0.2, 0.25) is 10.0 Å². The van der Waals surface area contributed by atoms with E-state index in [2.05, 4.69) is 21.2 Å². The van der Waals surface area contributed by atoms with Crippen molar-refractivity contribution in [1.82, 2.24) is 9.62 Å². The number of sulfonamides is 1. The summed E-state index contributed by atoms with van der Waals surface area (Å²) in [4.78, 5) is 0.377. The van der Waals surface area contributed by atoms with Gasteiger partial charge in [-0.05, 0) is 57.0 Å². The Kier molecular flexibility index (Phi) is 5.23. The fourth-order valence-corrected chi connectivity index (χ4v) is 4.55. The van der Waals surface area contributed by atoms with Crippen molar-refractivity contribution in [2.24, 2.45) is 5.92 Å². The van der Waals surface area contributed by atoms with Crippen LogP contribution in [0.4, 0.5) is 0 Å². The molecule has 1 fully saturated rings. The molecule has 1 aromatic carbocycles. The maximum Gasteiger partial charge on any atom is 0.243 e. The van der Waals surface area contributed by atoms with Crippen LogP contribution in [0.25, 0.3) is 0 Å². The van der Waals surface area contributed by atoms with Gasteiger partial charge in [-0.1, -0.05) is 22.0 Å². The van der Waals surface area contributed by atoms with Crippen LogP contribution in [0.5, 0.6) is 0 Å². The molecule has 0 aromatic heterocycles. The third-order valence-electron chi connectivity index (χ3n) is 3.85. The Labute approximate surface area is 129 Å². The van der Waals surface area contributed by atoms with Crippen molar-refractivity contribution in [3.05, 3.63) is 28.2 Å². The van der Waals surface area contributed by atoms with Gasteiger partial charge in [0, 0.05) is 17.6 Å². The number of rotatable bonds is 4. The average Bonchev–Trinajstić information content (AvgIpc) is 2.43. The zero-order valence-electron chi connectivity index (χ0n) is 11.9. The predicted molar refractivity (Wildman–Crippen MR) is 84.3 cm³/mol. The molecule has 0 bridgehead atoms. The normalized spacial score (nSPS) is 18.4. The van der Waals surface area contributed by atoms with Gasteiger partial charge in [0.05, 0.1) is 4.90 Å². The van der Waals surface area contributed by atoms with E-state index in [0.717, 1.165) is 29.4 Å². The maximum absolute atomic E-state index is 12.6. The zero-order valence-corrected chi connectivity index (χ0v) is 14.3. The van der Waals surface area contributed by atoms with E-state index >= 15 is 0 Å². The van der Waals surface area contributed by atoms with E-state index in [1.165, 1.54) is 0 Å². The predicted octanol–water partition coefficient (Wildman–Crippen LogP) is 2.38. The fraction of sp³-hybridized carbons (Fsp3) is 0.571. The molecule has 1 aromatic rings. The highest BCUT2D eigenvalue weighted by molar-refractivity contribution is 9.10. The zero-order chi connectivity index (χ0) is 14.8. The van der Waals surface area contributed by atoms with E-state index in [1.807, 2.05) is 20.0 Å². The average molecular weight is 361 g/mol. The summed E-state index contributed by atoms with van der Waals surface area (Å²) in [6, 6.07) is 5.23. The molecule has 0 spiro atoms. The molecule has 112 valence electrons. The number of benzene rings is 1. The van der Waals surface area contributed by atoms with Crippen LogP contribution in [-0.4, -0.2) is 39.4 Å². The largest absolute Gasteiger partial charge is 0.319 e. The Bertz CT molecular complexity index is 567. The highest BCUT2D eigenvalue weighted by Crippen LogP contribution is 2.26. The van der Waals surface area contributed by atoms with Gasteiger partial charge in [0.15, 0.2) is 0 Å². The summed E-state index contributed by atoms with van der Waals surface area (Å²) in [5, 5.41) is 3.16. The van der Waals surface area contributed by atoms with Crippen molar-refractivity contribution >= 4 is 26.0 Å². The molecule has 1 aliphatic heterocycles. The first kappa shape index (κ1) is 15.9. The van der Waals surface area contributed by atoms with Crippen LogP contribution in [-0.2, 0) is 10.0 Å². The van der Waals surface area contributed by atoms with Crippen LogP contribution < -0.4 is 5.32 Å². The number of aryl methyl sites for hydroxylation is 1. The lowest BCUT2D eigenvalue weighted by atomic mass is 9.98. The lowest BCUT2D eigenvalue weighted by Crippen LogP contribution is -2.40. The van der Waals surface area contributed by atoms with E-state index in [4.69, 9.17) is 0 Å². The van der Waals surface area contributed by atoms with Crippen LogP contribution in [0.2, 0.25) is 0 Å². The minimum Gasteiger partial charge on any atom is -0.319 e. The van der Waals surface area contributed by atoms with E-state index in [1.54, 1.807) is 16.4 Å². The number of piperidine rings is 1. The lowest BCUT2D eigenvalue weighted by molar-refractivity contribution is 0.270. The summed E-state index contributed by atoms with van der Waals surface area (Å²) in [5.41, 5.74) is 1.04. The summed E-state index contributed by atoms with van der Waals surface area (Å²) in [6.45, 7) is 4.13. The first-order chi connectivity index (χ1) is 9.45. The van der Waals surface area contributed by atoms with Gasteiger partial charge in [-0.2, -0.15) is 4.31 Å². The molecule has 2 rings (SSSR count). The molecule has 1 aliphatic rings. The van der Waals surface area contributed by atoms with Crippen molar-refractivity contribution in [2.75, 3.05) is 26.7 Å². The monoisotopic (exact) mass is 360 g/mol. The molecule has 0 atom stereocenters. The van der Waals surface area contributed by atoms with Crippen molar-refractivity contribution in [3.63, 3.8) is 0 Å². The highest BCUT2D eigenvalue weighted by atomic mass is 79.9. The molecule has 0 amide bonds. The summed E-state index contributed by atoms with van der Waals surface area (Å²) < 4.78 is 27.7. The topological polar surface area (TPSA) is 49.4 Å². The molecule has 1 saturated heterocycles. The van der Waals surface area contributed by atoms with Gasteiger partial charge >= 0.3 is 0 Å². The Balaban J connectivity index is 2.13. The van der Waals surface area contributed by atoms with Crippen LogP contribution in [0.15, 0.2) is 27.6 Å². The minimum absolute atomic E-state index is 0.377. The van der Waals surface area contributed by atoms with Crippen LogP contribution >= 0.6 is 15.9 Å². The van der Waals surface area contributed by atoms with Crippen molar-refractivity contribution in [3.8, 4) is 0 Å². The minimum atomic E-state index is -3.36. The lowest BCUT2D eigenvalue weighted by Gasteiger charge is -2.31. The first-order valence-corrected chi connectivity index (χ1v) is 9.09. The molecular formula is C14H21BrN2O2S. The van der Waals surface area contributed by atoms with E-state index in [0.29, 0.717) is 23.9 Å².